The van der Waals surface area contributed by atoms with Crippen molar-refractivity contribution in [1.29, 1.82) is 0 Å². The SMILES string of the molecule is CCCNC(=O)N1CCC(CCOc2ccc(C)cc2)C1. The summed E-state index contributed by atoms with van der Waals surface area (Å²) in [6.45, 7) is 7.34. The lowest BCUT2D eigenvalue weighted by Gasteiger charge is -2.17. The summed E-state index contributed by atoms with van der Waals surface area (Å²) in [5.74, 6) is 1.49. The molecule has 0 aliphatic carbocycles. The van der Waals surface area contributed by atoms with Gasteiger partial charge in [-0.2, -0.15) is 0 Å². The normalized spacial score (nSPS) is 17.8. The molecule has 116 valence electrons. The van der Waals surface area contributed by atoms with Gasteiger partial charge in [0.25, 0.3) is 0 Å². The van der Waals surface area contributed by atoms with Crippen LogP contribution in [0.2, 0.25) is 0 Å². The standard InChI is InChI=1S/C17H26N2O2/c1-3-10-18-17(20)19-11-8-15(13-19)9-12-21-16-6-4-14(2)5-7-16/h4-7,15H,3,8-13H2,1-2H3,(H,18,20). The smallest absolute Gasteiger partial charge is 0.317 e. The van der Waals surface area contributed by atoms with Crippen molar-refractivity contribution in [2.45, 2.75) is 33.1 Å². The minimum absolute atomic E-state index is 0.0822. The topological polar surface area (TPSA) is 41.6 Å². The fourth-order valence-corrected chi connectivity index (χ4v) is 2.57. The van der Waals surface area contributed by atoms with E-state index in [1.54, 1.807) is 0 Å². The van der Waals surface area contributed by atoms with Gasteiger partial charge in [0.05, 0.1) is 6.61 Å². The van der Waals surface area contributed by atoms with Gasteiger partial charge in [-0.15, -0.1) is 0 Å². The molecule has 0 saturated carbocycles. The Labute approximate surface area is 127 Å². The molecule has 0 spiro atoms. The van der Waals surface area contributed by atoms with Crippen molar-refractivity contribution in [3.05, 3.63) is 29.8 Å². The average molecular weight is 290 g/mol. The molecule has 1 aliphatic heterocycles. The Morgan fingerprint density at radius 2 is 2.14 bits per heavy atom. The quantitative estimate of drug-likeness (QED) is 0.874. The van der Waals surface area contributed by atoms with E-state index in [1.807, 2.05) is 17.0 Å². The number of benzene rings is 1. The van der Waals surface area contributed by atoms with Gasteiger partial charge in [-0.05, 0) is 44.2 Å². The number of rotatable bonds is 6. The largest absolute Gasteiger partial charge is 0.494 e. The molecule has 1 aromatic carbocycles. The van der Waals surface area contributed by atoms with Gasteiger partial charge in [0, 0.05) is 19.6 Å². The molecule has 1 N–H and O–H groups in total. The van der Waals surface area contributed by atoms with Gasteiger partial charge in [-0.25, -0.2) is 4.79 Å². The van der Waals surface area contributed by atoms with Crippen LogP contribution >= 0.6 is 0 Å². The molecule has 21 heavy (non-hydrogen) atoms. The van der Waals surface area contributed by atoms with E-state index < -0.39 is 0 Å². The molecule has 4 nitrogen and oxygen atoms in total. The highest BCUT2D eigenvalue weighted by atomic mass is 16.5. The number of ether oxygens (including phenoxy) is 1. The highest BCUT2D eigenvalue weighted by molar-refractivity contribution is 5.74. The number of amides is 2. The third-order valence-electron chi connectivity index (χ3n) is 3.92. The fraction of sp³-hybridized carbons (Fsp3) is 0.588. The van der Waals surface area contributed by atoms with Crippen molar-refractivity contribution in [3.8, 4) is 5.75 Å². The molecule has 1 aliphatic rings. The summed E-state index contributed by atoms with van der Waals surface area (Å²) in [4.78, 5) is 13.8. The van der Waals surface area contributed by atoms with Gasteiger partial charge in [-0.1, -0.05) is 24.6 Å². The van der Waals surface area contributed by atoms with Crippen molar-refractivity contribution in [3.63, 3.8) is 0 Å². The van der Waals surface area contributed by atoms with E-state index in [2.05, 4.69) is 31.3 Å². The minimum Gasteiger partial charge on any atom is -0.494 e. The van der Waals surface area contributed by atoms with Crippen LogP contribution < -0.4 is 10.1 Å². The summed E-state index contributed by atoms with van der Waals surface area (Å²) in [5, 5.41) is 2.94. The minimum atomic E-state index is 0.0822. The number of hydrogen-bond acceptors (Lipinski definition) is 2. The zero-order valence-corrected chi connectivity index (χ0v) is 13.1. The number of hydrogen-bond donors (Lipinski definition) is 1. The number of urea groups is 1. The van der Waals surface area contributed by atoms with E-state index in [9.17, 15) is 4.79 Å². The average Bonchev–Trinajstić information content (AvgIpc) is 2.96. The predicted molar refractivity (Wildman–Crippen MR) is 84.7 cm³/mol. The maximum Gasteiger partial charge on any atom is 0.317 e. The molecule has 2 amide bonds. The predicted octanol–water partition coefficient (Wildman–Crippen LogP) is 3.21. The van der Waals surface area contributed by atoms with Crippen LogP contribution in [0.5, 0.6) is 5.75 Å². The van der Waals surface area contributed by atoms with Gasteiger partial charge in [0.15, 0.2) is 0 Å². The van der Waals surface area contributed by atoms with Crippen molar-refractivity contribution in [2.75, 3.05) is 26.2 Å². The lowest BCUT2D eigenvalue weighted by Crippen LogP contribution is -2.38. The van der Waals surface area contributed by atoms with Crippen LogP contribution in [0, 0.1) is 12.8 Å². The molecule has 0 aromatic heterocycles. The molecule has 1 fully saturated rings. The number of aryl methyl sites for hydroxylation is 1. The monoisotopic (exact) mass is 290 g/mol. The van der Waals surface area contributed by atoms with Crippen LogP contribution in [0.3, 0.4) is 0 Å². The number of carbonyl (C=O) groups excluding carboxylic acids is 1. The van der Waals surface area contributed by atoms with E-state index >= 15 is 0 Å². The first-order valence-electron chi connectivity index (χ1n) is 7.91. The van der Waals surface area contributed by atoms with Crippen molar-refractivity contribution >= 4 is 6.03 Å². The Morgan fingerprint density at radius 1 is 1.38 bits per heavy atom. The lowest BCUT2D eigenvalue weighted by atomic mass is 10.1. The molecule has 1 unspecified atom stereocenters. The van der Waals surface area contributed by atoms with E-state index in [1.165, 1.54) is 5.56 Å². The maximum atomic E-state index is 11.9. The molecule has 1 heterocycles. The Bertz CT molecular complexity index is 445. The van der Waals surface area contributed by atoms with E-state index in [-0.39, 0.29) is 6.03 Å². The highest BCUT2D eigenvalue weighted by Gasteiger charge is 2.25. The van der Waals surface area contributed by atoms with Gasteiger partial charge in [0.1, 0.15) is 5.75 Å². The first-order valence-corrected chi connectivity index (χ1v) is 7.91. The molecule has 2 rings (SSSR count). The van der Waals surface area contributed by atoms with Crippen LogP contribution in [-0.2, 0) is 0 Å². The summed E-state index contributed by atoms with van der Waals surface area (Å²) >= 11 is 0. The molecule has 1 atom stereocenters. The summed E-state index contributed by atoms with van der Waals surface area (Å²) < 4.78 is 5.76. The number of carbonyl (C=O) groups is 1. The zero-order valence-electron chi connectivity index (χ0n) is 13.1. The van der Waals surface area contributed by atoms with Crippen LogP contribution in [-0.4, -0.2) is 37.2 Å². The molecular formula is C17H26N2O2. The third-order valence-corrected chi connectivity index (χ3v) is 3.92. The van der Waals surface area contributed by atoms with Crippen LogP contribution in [0.4, 0.5) is 4.79 Å². The van der Waals surface area contributed by atoms with Crippen molar-refractivity contribution < 1.29 is 9.53 Å². The highest BCUT2D eigenvalue weighted by Crippen LogP contribution is 2.20. The van der Waals surface area contributed by atoms with E-state index in [4.69, 9.17) is 4.74 Å². The Kier molecular flexibility index (Phi) is 5.90. The first kappa shape index (κ1) is 15.7. The number of nitrogens with one attached hydrogen (secondary N) is 1. The third kappa shape index (κ3) is 4.96. The van der Waals surface area contributed by atoms with E-state index in [0.29, 0.717) is 5.92 Å². The van der Waals surface area contributed by atoms with Gasteiger partial charge in [-0.3, -0.25) is 0 Å². The van der Waals surface area contributed by atoms with Crippen LogP contribution in [0.15, 0.2) is 24.3 Å². The summed E-state index contributed by atoms with van der Waals surface area (Å²) in [7, 11) is 0. The molecular weight excluding hydrogens is 264 g/mol. The number of nitrogens with zero attached hydrogens (tertiary/aromatic N) is 1. The molecule has 1 aromatic rings. The van der Waals surface area contributed by atoms with E-state index in [0.717, 1.165) is 51.3 Å². The Hall–Kier alpha value is -1.71. The van der Waals surface area contributed by atoms with Gasteiger partial charge >= 0.3 is 6.03 Å². The molecule has 4 heteroatoms. The summed E-state index contributed by atoms with van der Waals surface area (Å²) in [6, 6.07) is 8.22. The molecule has 1 saturated heterocycles. The second-order valence-corrected chi connectivity index (χ2v) is 5.78. The van der Waals surface area contributed by atoms with Crippen LogP contribution in [0.25, 0.3) is 0 Å². The summed E-state index contributed by atoms with van der Waals surface area (Å²) in [5.41, 5.74) is 1.24. The molecule has 0 bridgehead atoms. The zero-order chi connectivity index (χ0) is 15.1. The van der Waals surface area contributed by atoms with Gasteiger partial charge in [0.2, 0.25) is 0 Å². The Balaban J connectivity index is 1.66. The number of likely N-dealkylation sites (tertiary alicyclic amines) is 1. The van der Waals surface area contributed by atoms with Crippen molar-refractivity contribution in [1.82, 2.24) is 10.2 Å². The molecule has 0 radical (unpaired) electrons. The second kappa shape index (κ2) is 7.91. The fourth-order valence-electron chi connectivity index (χ4n) is 2.57. The summed E-state index contributed by atoms with van der Waals surface area (Å²) in [6.07, 6.45) is 3.07. The van der Waals surface area contributed by atoms with Crippen molar-refractivity contribution in [2.24, 2.45) is 5.92 Å². The first-order chi connectivity index (χ1) is 10.2. The lowest BCUT2D eigenvalue weighted by molar-refractivity contribution is 0.205. The second-order valence-electron chi connectivity index (χ2n) is 5.78. The van der Waals surface area contributed by atoms with Crippen LogP contribution in [0.1, 0.15) is 31.7 Å². The van der Waals surface area contributed by atoms with Gasteiger partial charge < -0.3 is 15.0 Å². The maximum absolute atomic E-state index is 11.9. The Morgan fingerprint density at radius 3 is 2.86 bits per heavy atom.